The molecule has 3 nitrogen and oxygen atoms in total. The van der Waals surface area contributed by atoms with E-state index >= 15 is 0 Å². The van der Waals surface area contributed by atoms with Gasteiger partial charge in [0.15, 0.2) is 0 Å². The van der Waals surface area contributed by atoms with Crippen molar-refractivity contribution in [2.75, 3.05) is 26.7 Å². The Kier molecular flexibility index (Phi) is 5.91. The minimum Gasteiger partial charge on any atom is -0.391 e. The molecule has 4 heteroatoms. The first-order valence-electron chi connectivity index (χ1n) is 9.98. The molecule has 0 radical (unpaired) electrons. The molecule has 2 heterocycles. The maximum absolute atomic E-state index is 6.17. The summed E-state index contributed by atoms with van der Waals surface area (Å²) in [6.45, 7) is 12.8. The van der Waals surface area contributed by atoms with Crippen molar-refractivity contribution in [3.63, 3.8) is 0 Å². The Balaban J connectivity index is 1.60. The van der Waals surface area contributed by atoms with E-state index in [-0.39, 0.29) is 6.04 Å². The molecule has 1 unspecified atom stereocenters. The minimum absolute atomic E-state index is 0.0300. The predicted octanol–water partition coefficient (Wildman–Crippen LogP) is 2.55. The molecule has 0 amide bonds. The standard InChI is InChI=1S/C21H34BN3/c1-5-19-18(7-6-17-8-9-22(3)11-20(17)19)10-16-12-25(13-16)14-21(23)15(2)24-4/h6-7,16,21,24H,2,5,8-14,23H2,1,3-4H3. The van der Waals surface area contributed by atoms with Gasteiger partial charge in [-0.2, -0.15) is 0 Å². The Morgan fingerprint density at radius 2 is 2.20 bits per heavy atom. The SMILES string of the molecule is C=C(NC)C(N)CN1CC(Cc2ccc3c(c2CC)CB(C)CC3)C1. The summed E-state index contributed by atoms with van der Waals surface area (Å²) in [6, 6.07) is 4.87. The molecular formula is C21H34BN3. The molecule has 3 N–H and O–H groups in total. The normalized spacial score (nSPS) is 19.3. The zero-order valence-electron chi connectivity index (χ0n) is 16.3. The molecule has 0 saturated carbocycles. The lowest BCUT2D eigenvalue weighted by Gasteiger charge is -2.41. The van der Waals surface area contributed by atoms with Gasteiger partial charge in [-0.15, -0.1) is 0 Å². The third kappa shape index (κ3) is 4.12. The number of likely N-dealkylation sites (tertiary alicyclic amines) is 1. The van der Waals surface area contributed by atoms with Crippen LogP contribution in [0, 0.1) is 5.92 Å². The Labute approximate surface area is 154 Å². The monoisotopic (exact) mass is 339 g/mol. The number of hydrogen-bond acceptors (Lipinski definition) is 3. The quantitative estimate of drug-likeness (QED) is 0.750. The van der Waals surface area contributed by atoms with Gasteiger partial charge in [0.1, 0.15) is 6.71 Å². The maximum Gasteiger partial charge on any atom is 0.141 e. The summed E-state index contributed by atoms with van der Waals surface area (Å²) in [4.78, 5) is 2.46. The molecule has 0 spiro atoms. The molecule has 1 aromatic carbocycles. The second kappa shape index (κ2) is 7.97. The molecule has 25 heavy (non-hydrogen) atoms. The molecule has 1 aromatic rings. The minimum atomic E-state index is 0.0300. The molecular weight excluding hydrogens is 305 g/mol. The third-order valence-electron chi connectivity index (χ3n) is 6.20. The lowest BCUT2D eigenvalue weighted by atomic mass is 9.42. The van der Waals surface area contributed by atoms with Crippen molar-refractivity contribution in [3.8, 4) is 0 Å². The van der Waals surface area contributed by atoms with Crippen LogP contribution in [-0.2, 0) is 25.6 Å². The van der Waals surface area contributed by atoms with Crippen molar-refractivity contribution in [1.82, 2.24) is 10.2 Å². The number of benzene rings is 1. The van der Waals surface area contributed by atoms with Gasteiger partial charge in [-0.25, -0.2) is 0 Å². The van der Waals surface area contributed by atoms with Crippen LogP contribution >= 0.6 is 0 Å². The molecule has 3 rings (SSSR count). The van der Waals surface area contributed by atoms with Crippen LogP contribution in [-0.4, -0.2) is 44.3 Å². The number of rotatable bonds is 7. The average molecular weight is 339 g/mol. The zero-order valence-corrected chi connectivity index (χ0v) is 16.3. The highest BCUT2D eigenvalue weighted by molar-refractivity contribution is 6.57. The number of nitrogens with zero attached hydrogens (tertiary/aromatic N) is 1. The van der Waals surface area contributed by atoms with E-state index in [0.717, 1.165) is 24.9 Å². The maximum atomic E-state index is 6.17. The van der Waals surface area contributed by atoms with E-state index in [1.165, 1.54) is 45.0 Å². The molecule has 1 saturated heterocycles. The summed E-state index contributed by atoms with van der Waals surface area (Å²) in [7, 11) is 1.89. The lowest BCUT2D eigenvalue weighted by molar-refractivity contribution is 0.0965. The predicted molar refractivity (Wildman–Crippen MR) is 109 cm³/mol. The summed E-state index contributed by atoms with van der Waals surface area (Å²) in [5.41, 5.74) is 13.7. The van der Waals surface area contributed by atoms with Crippen LogP contribution in [0.15, 0.2) is 24.4 Å². The third-order valence-corrected chi connectivity index (χ3v) is 6.20. The molecule has 136 valence electrons. The topological polar surface area (TPSA) is 41.3 Å². The van der Waals surface area contributed by atoms with Gasteiger partial charge in [0, 0.05) is 32.4 Å². The summed E-state index contributed by atoms with van der Waals surface area (Å²) in [6.07, 6.45) is 6.31. The number of fused-ring (bicyclic) bond motifs is 1. The molecule has 0 bridgehead atoms. The van der Waals surface area contributed by atoms with Crippen LogP contribution in [0.25, 0.3) is 0 Å². The van der Waals surface area contributed by atoms with Gasteiger partial charge >= 0.3 is 0 Å². The summed E-state index contributed by atoms with van der Waals surface area (Å²) in [5.74, 6) is 0.777. The first kappa shape index (κ1) is 18.5. The van der Waals surface area contributed by atoms with Crippen LogP contribution in [0.5, 0.6) is 0 Å². The van der Waals surface area contributed by atoms with Crippen molar-refractivity contribution >= 4 is 6.71 Å². The van der Waals surface area contributed by atoms with Gasteiger partial charge < -0.3 is 16.0 Å². The molecule has 1 atom stereocenters. The highest BCUT2D eigenvalue weighted by Crippen LogP contribution is 2.30. The van der Waals surface area contributed by atoms with E-state index in [9.17, 15) is 0 Å². The average Bonchev–Trinajstić information content (AvgIpc) is 2.58. The van der Waals surface area contributed by atoms with E-state index < -0.39 is 0 Å². The van der Waals surface area contributed by atoms with Gasteiger partial charge in [-0.3, -0.25) is 0 Å². The smallest absolute Gasteiger partial charge is 0.141 e. The van der Waals surface area contributed by atoms with E-state index in [2.05, 4.69) is 42.7 Å². The second-order valence-electron chi connectivity index (χ2n) is 8.21. The second-order valence-corrected chi connectivity index (χ2v) is 8.21. The Hall–Kier alpha value is -1.26. The Morgan fingerprint density at radius 1 is 1.44 bits per heavy atom. The molecule has 1 fully saturated rings. The largest absolute Gasteiger partial charge is 0.391 e. The molecule has 2 aliphatic heterocycles. The number of nitrogens with one attached hydrogen (secondary N) is 1. The number of nitrogens with two attached hydrogens (primary N) is 1. The fourth-order valence-electron chi connectivity index (χ4n) is 4.60. The first-order chi connectivity index (χ1) is 12.0. The van der Waals surface area contributed by atoms with Crippen LogP contribution in [0.1, 0.15) is 29.2 Å². The van der Waals surface area contributed by atoms with Crippen LogP contribution < -0.4 is 11.1 Å². The Morgan fingerprint density at radius 3 is 2.88 bits per heavy atom. The van der Waals surface area contributed by atoms with E-state index in [0.29, 0.717) is 0 Å². The van der Waals surface area contributed by atoms with E-state index in [4.69, 9.17) is 5.73 Å². The van der Waals surface area contributed by atoms with Crippen molar-refractivity contribution in [2.45, 2.75) is 51.7 Å². The van der Waals surface area contributed by atoms with Gasteiger partial charge in [0.2, 0.25) is 0 Å². The van der Waals surface area contributed by atoms with Crippen molar-refractivity contribution in [2.24, 2.45) is 11.7 Å². The molecule has 0 aromatic heterocycles. The van der Waals surface area contributed by atoms with Crippen LogP contribution in [0.4, 0.5) is 0 Å². The number of hydrogen-bond donors (Lipinski definition) is 2. The molecule has 0 aliphatic carbocycles. The van der Waals surface area contributed by atoms with Crippen molar-refractivity contribution < 1.29 is 0 Å². The molecule has 2 aliphatic rings. The van der Waals surface area contributed by atoms with Crippen LogP contribution in [0.2, 0.25) is 13.1 Å². The van der Waals surface area contributed by atoms with E-state index in [1.54, 1.807) is 22.3 Å². The van der Waals surface area contributed by atoms with Crippen molar-refractivity contribution in [1.29, 1.82) is 0 Å². The number of likely N-dealkylation sites (N-methyl/N-ethyl adjacent to an activating group) is 1. The van der Waals surface area contributed by atoms with Gasteiger partial charge in [-0.05, 0) is 53.8 Å². The first-order valence-corrected chi connectivity index (χ1v) is 9.98. The zero-order chi connectivity index (χ0) is 18.0. The lowest BCUT2D eigenvalue weighted by Crippen LogP contribution is -2.53. The Bertz CT molecular complexity index is 622. The van der Waals surface area contributed by atoms with Gasteiger partial charge in [0.25, 0.3) is 0 Å². The summed E-state index contributed by atoms with van der Waals surface area (Å²) >= 11 is 0. The highest BCUT2D eigenvalue weighted by Gasteiger charge is 2.29. The summed E-state index contributed by atoms with van der Waals surface area (Å²) < 4.78 is 0. The van der Waals surface area contributed by atoms with Crippen LogP contribution in [0.3, 0.4) is 0 Å². The van der Waals surface area contributed by atoms with E-state index in [1.807, 2.05) is 7.05 Å². The van der Waals surface area contributed by atoms with Gasteiger partial charge in [-0.1, -0.05) is 38.8 Å². The summed E-state index contributed by atoms with van der Waals surface area (Å²) in [5, 5.41) is 3.07. The van der Waals surface area contributed by atoms with Crippen molar-refractivity contribution in [3.05, 3.63) is 46.7 Å². The number of aryl methyl sites for hydroxylation is 1. The highest BCUT2D eigenvalue weighted by atomic mass is 15.2. The van der Waals surface area contributed by atoms with Gasteiger partial charge in [0.05, 0.1) is 6.04 Å². The fraction of sp³-hybridized carbons (Fsp3) is 0.619. The fourth-order valence-corrected chi connectivity index (χ4v) is 4.60.